The van der Waals surface area contributed by atoms with Gasteiger partial charge in [-0.2, -0.15) is 0 Å². The van der Waals surface area contributed by atoms with Crippen molar-refractivity contribution in [3.63, 3.8) is 0 Å². The Morgan fingerprint density at radius 2 is 1.37 bits per heavy atom. The summed E-state index contributed by atoms with van der Waals surface area (Å²) < 4.78 is 2.13. The minimum atomic E-state index is -1.33. The number of fused-ring (bicyclic) bond motifs is 1. The van der Waals surface area contributed by atoms with Gasteiger partial charge in [0.15, 0.2) is 5.60 Å². The highest BCUT2D eigenvalue weighted by Gasteiger charge is 2.28. The molecule has 2 nitrogen and oxygen atoms in total. The molecule has 27 heavy (non-hydrogen) atoms. The van der Waals surface area contributed by atoms with E-state index < -0.39 is 5.60 Å². The van der Waals surface area contributed by atoms with Crippen molar-refractivity contribution in [3.8, 4) is 11.8 Å². The number of rotatable bonds is 3. The summed E-state index contributed by atoms with van der Waals surface area (Å²) in [7, 11) is 0. The molecule has 132 valence electrons. The molecule has 0 aliphatic carbocycles. The van der Waals surface area contributed by atoms with E-state index >= 15 is 0 Å². The van der Waals surface area contributed by atoms with Crippen LogP contribution in [0.25, 0.3) is 10.9 Å². The van der Waals surface area contributed by atoms with Crippen LogP contribution in [-0.2, 0) is 12.1 Å². The van der Waals surface area contributed by atoms with Gasteiger partial charge in [0.2, 0.25) is 0 Å². The zero-order valence-electron chi connectivity index (χ0n) is 15.3. The monoisotopic (exact) mass is 351 g/mol. The number of benzene rings is 3. The largest absolute Gasteiger partial charge is 0.369 e. The third-order valence-corrected chi connectivity index (χ3v) is 4.89. The molecule has 0 atom stereocenters. The van der Waals surface area contributed by atoms with E-state index in [2.05, 4.69) is 47.7 Å². The predicted octanol–water partition coefficient (Wildman–Crippen LogP) is 4.89. The summed E-state index contributed by atoms with van der Waals surface area (Å²) in [6.07, 6.45) is 2.11. The molecular weight excluding hydrogens is 330 g/mol. The van der Waals surface area contributed by atoms with Crippen molar-refractivity contribution >= 4 is 10.9 Å². The Kier molecular flexibility index (Phi) is 4.54. The minimum Gasteiger partial charge on any atom is -0.369 e. The second-order valence-electron chi connectivity index (χ2n) is 6.70. The zero-order valence-corrected chi connectivity index (χ0v) is 15.3. The van der Waals surface area contributed by atoms with Gasteiger partial charge in [-0.1, -0.05) is 90.7 Å². The number of hydrogen-bond donors (Lipinski definition) is 1. The maximum absolute atomic E-state index is 11.5. The van der Waals surface area contributed by atoms with Crippen LogP contribution in [-0.4, -0.2) is 9.67 Å². The highest BCUT2D eigenvalue weighted by Crippen LogP contribution is 2.29. The molecule has 0 saturated carbocycles. The van der Waals surface area contributed by atoms with Crippen LogP contribution in [0.4, 0.5) is 0 Å². The van der Waals surface area contributed by atoms with Gasteiger partial charge in [0.05, 0.1) is 6.54 Å². The Morgan fingerprint density at radius 3 is 2.00 bits per heavy atom. The van der Waals surface area contributed by atoms with Crippen LogP contribution in [0.15, 0.2) is 91.1 Å². The highest BCUT2D eigenvalue weighted by molar-refractivity contribution is 5.83. The molecule has 4 aromatic rings. The number of aliphatic hydroxyl groups is 1. The molecule has 0 amide bonds. The summed E-state index contributed by atoms with van der Waals surface area (Å²) in [6, 6.07) is 27.5. The third-order valence-electron chi connectivity index (χ3n) is 4.89. The van der Waals surface area contributed by atoms with E-state index in [0.717, 1.165) is 16.6 Å². The van der Waals surface area contributed by atoms with Gasteiger partial charge in [0.25, 0.3) is 0 Å². The lowest BCUT2D eigenvalue weighted by atomic mass is 9.87. The Bertz CT molecular complexity index is 1080. The second kappa shape index (κ2) is 7.15. The van der Waals surface area contributed by atoms with Crippen molar-refractivity contribution in [2.75, 3.05) is 0 Å². The van der Waals surface area contributed by atoms with Crippen LogP contribution in [0, 0.1) is 18.8 Å². The van der Waals surface area contributed by atoms with E-state index in [0.29, 0.717) is 6.54 Å². The SMILES string of the molecule is Cc1cn(CC#CC(O)(c2ccccc2)c2ccccc2)c2ccccc12. The smallest absolute Gasteiger partial charge is 0.176 e. The van der Waals surface area contributed by atoms with Gasteiger partial charge in [-0.3, -0.25) is 0 Å². The molecule has 0 unspecified atom stereocenters. The molecule has 1 aromatic heterocycles. The Morgan fingerprint density at radius 1 is 0.815 bits per heavy atom. The Balaban J connectivity index is 1.73. The maximum Gasteiger partial charge on any atom is 0.176 e. The average molecular weight is 351 g/mol. The van der Waals surface area contributed by atoms with Crippen molar-refractivity contribution in [3.05, 3.63) is 108 Å². The normalized spacial score (nSPS) is 11.2. The van der Waals surface area contributed by atoms with Crippen LogP contribution in [0.2, 0.25) is 0 Å². The Hall–Kier alpha value is -3.28. The molecule has 0 saturated heterocycles. The van der Waals surface area contributed by atoms with E-state index in [4.69, 9.17) is 0 Å². The molecular formula is C25H21NO. The van der Waals surface area contributed by atoms with Crippen molar-refractivity contribution in [1.82, 2.24) is 4.57 Å². The van der Waals surface area contributed by atoms with E-state index in [1.165, 1.54) is 10.9 Å². The molecule has 0 aliphatic heterocycles. The number of aryl methyl sites for hydroxylation is 1. The van der Waals surface area contributed by atoms with Gasteiger partial charge < -0.3 is 9.67 Å². The lowest BCUT2D eigenvalue weighted by molar-refractivity contribution is 0.145. The number of para-hydroxylation sites is 1. The number of nitrogens with zero attached hydrogens (tertiary/aromatic N) is 1. The first-order valence-corrected chi connectivity index (χ1v) is 9.06. The molecule has 3 aromatic carbocycles. The van der Waals surface area contributed by atoms with Crippen molar-refractivity contribution in [2.45, 2.75) is 19.1 Å². The average Bonchev–Trinajstić information content (AvgIpc) is 3.05. The van der Waals surface area contributed by atoms with Crippen LogP contribution >= 0.6 is 0 Å². The van der Waals surface area contributed by atoms with Gasteiger partial charge in [0.1, 0.15) is 0 Å². The zero-order chi connectivity index (χ0) is 18.7. The van der Waals surface area contributed by atoms with Gasteiger partial charge >= 0.3 is 0 Å². The maximum atomic E-state index is 11.5. The first kappa shape index (κ1) is 17.1. The summed E-state index contributed by atoms with van der Waals surface area (Å²) in [5.41, 5.74) is 2.61. The van der Waals surface area contributed by atoms with Gasteiger partial charge in [0, 0.05) is 28.2 Å². The molecule has 0 bridgehead atoms. The van der Waals surface area contributed by atoms with E-state index in [-0.39, 0.29) is 0 Å². The quantitative estimate of drug-likeness (QED) is 0.522. The summed E-state index contributed by atoms with van der Waals surface area (Å²) in [5.74, 6) is 6.34. The molecule has 0 radical (unpaired) electrons. The fourth-order valence-electron chi connectivity index (χ4n) is 3.48. The molecule has 1 N–H and O–H groups in total. The number of hydrogen-bond acceptors (Lipinski definition) is 1. The van der Waals surface area contributed by atoms with E-state index in [1.54, 1.807) is 0 Å². The second-order valence-corrected chi connectivity index (χ2v) is 6.70. The fourth-order valence-corrected chi connectivity index (χ4v) is 3.48. The van der Waals surface area contributed by atoms with Crippen LogP contribution in [0.3, 0.4) is 0 Å². The van der Waals surface area contributed by atoms with Crippen LogP contribution in [0.5, 0.6) is 0 Å². The first-order valence-electron chi connectivity index (χ1n) is 9.06. The molecule has 0 aliphatic rings. The highest BCUT2D eigenvalue weighted by atomic mass is 16.3. The summed E-state index contributed by atoms with van der Waals surface area (Å²) in [5, 5.41) is 12.7. The van der Waals surface area contributed by atoms with Gasteiger partial charge in [-0.05, 0) is 18.6 Å². The summed E-state index contributed by atoms with van der Waals surface area (Å²) in [4.78, 5) is 0. The molecule has 0 fully saturated rings. The molecule has 1 heterocycles. The summed E-state index contributed by atoms with van der Waals surface area (Å²) in [6.45, 7) is 2.63. The van der Waals surface area contributed by atoms with Crippen molar-refractivity contribution in [1.29, 1.82) is 0 Å². The summed E-state index contributed by atoms with van der Waals surface area (Å²) >= 11 is 0. The minimum absolute atomic E-state index is 0.524. The van der Waals surface area contributed by atoms with Crippen molar-refractivity contribution < 1.29 is 5.11 Å². The van der Waals surface area contributed by atoms with E-state index in [1.807, 2.05) is 66.7 Å². The fraction of sp³-hybridized carbons (Fsp3) is 0.120. The number of aromatic nitrogens is 1. The molecule has 4 rings (SSSR count). The third kappa shape index (κ3) is 3.26. The van der Waals surface area contributed by atoms with E-state index in [9.17, 15) is 5.11 Å². The predicted molar refractivity (Wildman–Crippen MR) is 110 cm³/mol. The van der Waals surface area contributed by atoms with Crippen LogP contribution < -0.4 is 0 Å². The van der Waals surface area contributed by atoms with Gasteiger partial charge in [-0.15, -0.1) is 0 Å². The lowest BCUT2D eigenvalue weighted by Gasteiger charge is -2.23. The van der Waals surface area contributed by atoms with Crippen molar-refractivity contribution in [2.24, 2.45) is 0 Å². The Labute approximate surface area is 159 Å². The standard InChI is InChI=1S/C25H21NO/c1-20-19-26(24-16-9-8-15-23(20)24)18-10-17-25(27,21-11-4-2-5-12-21)22-13-6-3-7-14-22/h2-9,11-16,19,27H,18H2,1H3. The van der Waals surface area contributed by atoms with Gasteiger partial charge in [-0.25, -0.2) is 0 Å². The molecule has 0 spiro atoms. The molecule has 2 heteroatoms. The lowest BCUT2D eigenvalue weighted by Crippen LogP contribution is -2.25. The topological polar surface area (TPSA) is 25.2 Å². The first-order chi connectivity index (χ1) is 13.2. The van der Waals surface area contributed by atoms with Crippen LogP contribution in [0.1, 0.15) is 16.7 Å².